The third-order valence-electron chi connectivity index (χ3n) is 1.49. The molecule has 0 aliphatic heterocycles. The number of hydrogen-bond donors (Lipinski definition) is 0. The number of hydrogen-bond acceptors (Lipinski definition) is 2. The number of rotatable bonds is 4. The second-order valence-electron chi connectivity index (χ2n) is 2.74. The molecule has 1 nitrogen and oxygen atoms in total. The normalized spacial score (nSPS) is 12.4. The van der Waals surface area contributed by atoms with Crippen LogP contribution in [-0.2, 0) is 4.79 Å². The molecule has 1 aromatic carbocycles. The minimum Gasteiger partial charge on any atom is -0.303 e. The maximum atomic E-state index is 10.3. The highest BCUT2D eigenvalue weighted by Crippen LogP contribution is 2.18. The second kappa shape index (κ2) is 4.99. The summed E-state index contributed by atoms with van der Waals surface area (Å²) in [6.07, 6.45) is 0.996. The van der Waals surface area contributed by atoms with Crippen molar-refractivity contribution in [3.63, 3.8) is 0 Å². The number of thioether (sulfide) groups is 1. The molecule has 0 aliphatic carbocycles. The summed E-state index contributed by atoms with van der Waals surface area (Å²) >= 11 is 1.72. The Morgan fingerprint density at radius 3 is 2.67 bits per heavy atom. The van der Waals surface area contributed by atoms with Gasteiger partial charge in [0.2, 0.25) is 0 Å². The van der Waals surface area contributed by atoms with Crippen LogP contribution in [0.1, 0.15) is 6.92 Å². The van der Waals surface area contributed by atoms with Gasteiger partial charge in [-0.15, -0.1) is 11.8 Å². The van der Waals surface area contributed by atoms with Gasteiger partial charge in [-0.2, -0.15) is 0 Å². The molecule has 2 heteroatoms. The lowest BCUT2D eigenvalue weighted by atomic mass is 10.3. The van der Waals surface area contributed by atoms with Gasteiger partial charge in [-0.3, -0.25) is 0 Å². The van der Waals surface area contributed by atoms with Crippen LogP contribution in [0, 0.1) is 5.92 Å². The van der Waals surface area contributed by atoms with Crippen molar-refractivity contribution in [2.75, 3.05) is 5.75 Å². The zero-order chi connectivity index (χ0) is 8.81. The Morgan fingerprint density at radius 1 is 1.42 bits per heavy atom. The summed E-state index contributed by atoms with van der Waals surface area (Å²) in [6, 6.07) is 10.1. The SMILES string of the molecule is C[C@H](C=O)CSc1ccccc1. The molecule has 0 unspecified atom stereocenters. The van der Waals surface area contributed by atoms with Gasteiger partial charge in [-0.1, -0.05) is 25.1 Å². The quantitative estimate of drug-likeness (QED) is 0.523. The first kappa shape index (κ1) is 9.33. The zero-order valence-electron chi connectivity index (χ0n) is 7.07. The van der Waals surface area contributed by atoms with Crippen molar-refractivity contribution < 1.29 is 4.79 Å². The fourth-order valence-electron chi connectivity index (χ4n) is 0.784. The van der Waals surface area contributed by atoms with Crippen LogP contribution in [0.2, 0.25) is 0 Å². The van der Waals surface area contributed by atoms with Crippen LogP contribution in [0.25, 0.3) is 0 Å². The smallest absolute Gasteiger partial charge is 0.123 e. The van der Waals surface area contributed by atoms with Gasteiger partial charge in [-0.25, -0.2) is 0 Å². The van der Waals surface area contributed by atoms with E-state index in [9.17, 15) is 4.79 Å². The molecule has 0 radical (unpaired) electrons. The summed E-state index contributed by atoms with van der Waals surface area (Å²) in [5.41, 5.74) is 0. The van der Waals surface area contributed by atoms with Gasteiger partial charge in [-0.05, 0) is 12.1 Å². The molecule has 0 aliphatic rings. The number of carbonyl (C=O) groups is 1. The van der Waals surface area contributed by atoms with Crippen LogP contribution in [0.15, 0.2) is 35.2 Å². The van der Waals surface area contributed by atoms with Gasteiger partial charge in [0.25, 0.3) is 0 Å². The van der Waals surface area contributed by atoms with E-state index in [4.69, 9.17) is 0 Å². The number of carbonyl (C=O) groups excluding carboxylic acids is 1. The van der Waals surface area contributed by atoms with E-state index in [1.54, 1.807) is 11.8 Å². The first-order chi connectivity index (χ1) is 5.83. The van der Waals surface area contributed by atoms with Gasteiger partial charge < -0.3 is 4.79 Å². The molecule has 0 bridgehead atoms. The molecule has 0 spiro atoms. The zero-order valence-corrected chi connectivity index (χ0v) is 7.88. The van der Waals surface area contributed by atoms with Gasteiger partial charge in [0.1, 0.15) is 6.29 Å². The molecule has 0 fully saturated rings. The predicted octanol–water partition coefficient (Wildman–Crippen LogP) is 2.61. The molecule has 1 atom stereocenters. The Hall–Kier alpha value is -0.760. The monoisotopic (exact) mass is 180 g/mol. The summed E-state index contributed by atoms with van der Waals surface area (Å²) < 4.78 is 0. The van der Waals surface area contributed by atoms with Gasteiger partial charge in [0, 0.05) is 16.6 Å². The first-order valence-electron chi connectivity index (χ1n) is 3.96. The van der Waals surface area contributed by atoms with Crippen LogP contribution >= 0.6 is 11.8 Å². The van der Waals surface area contributed by atoms with Crippen molar-refractivity contribution in [3.8, 4) is 0 Å². The highest BCUT2D eigenvalue weighted by atomic mass is 32.2. The average molecular weight is 180 g/mol. The van der Waals surface area contributed by atoms with Gasteiger partial charge in [0.05, 0.1) is 0 Å². The van der Waals surface area contributed by atoms with Gasteiger partial charge in [0.15, 0.2) is 0 Å². The van der Waals surface area contributed by atoms with E-state index in [0.717, 1.165) is 12.0 Å². The minimum absolute atomic E-state index is 0.148. The molecule has 1 rings (SSSR count). The highest BCUT2D eigenvalue weighted by molar-refractivity contribution is 7.99. The number of aldehydes is 1. The van der Waals surface area contributed by atoms with Gasteiger partial charge >= 0.3 is 0 Å². The Labute approximate surface area is 77.2 Å². The number of benzene rings is 1. The maximum Gasteiger partial charge on any atom is 0.123 e. The van der Waals surface area contributed by atoms with E-state index in [-0.39, 0.29) is 5.92 Å². The Balaban J connectivity index is 2.38. The summed E-state index contributed by atoms with van der Waals surface area (Å²) in [7, 11) is 0. The van der Waals surface area contributed by atoms with Crippen LogP contribution in [0.4, 0.5) is 0 Å². The fourth-order valence-corrected chi connectivity index (χ4v) is 1.67. The molecule has 12 heavy (non-hydrogen) atoms. The summed E-state index contributed by atoms with van der Waals surface area (Å²) in [4.78, 5) is 11.5. The summed E-state index contributed by atoms with van der Waals surface area (Å²) in [5, 5.41) is 0. The maximum absolute atomic E-state index is 10.3. The first-order valence-corrected chi connectivity index (χ1v) is 4.94. The van der Waals surface area contributed by atoms with E-state index < -0.39 is 0 Å². The van der Waals surface area contributed by atoms with Crippen molar-refractivity contribution in [1.29, 1.82) is 0 Å². The fraction of sp³-hybridized carbons (Fsp3) is 0.300. The highest BCUT2D eigenvalue weighted by Gasteiger charge is 1.99. The van der Waals surface area contributed by atoms with E-state index in [0.29, 0.717) is 0 Å². The van der Waals surface area contributed by atoms with E-state index in [1.165, 1.54) is 4.90 Å². The van der Waals surface area contributed by atoms with E-state index in [1.807, 2.05) is 25.1 Å². The van der Waals surface area contributed by atoms with Crippen LogP contribution < -0.4 is 0 Å². The second-order valence-corrected chi connectivity index (χ2v) is 3.83. The summed E-state index contributed by atoms with van der Waals surface area (Å²) in [6.45, 7) is 1.93. The lowest BCUT2D eigenvalue weighted by Gasteiger charge is -2.02. The molecule has 0 amide bonds. The summed E-state index contributed by atoms with van der Waals surface area (Å²) in [5.74, 6) is 1.02. The Kier molecular flexibility index (Phi) is 3.88. The van der Waals surface area contributed by atoms with Crippen molar-refractivity contribution >= 4 is 18.0 Å². The predicted molar refractivity (Wildman–Crippen MR) is 52.4 cm³/mol. The Bertz CT molecular complexity index is 233. The standard InChI is InChI=1S/C10H12OS/c1-9(7-11)8-12-10-5-3-2-4-6-10/h2-7,9H,8H2,1H3/t9-/m1/s1. The molecular weight excluding hydrogens is 168 g/mol. The van der Waals surface area contributed by atoms with Crippen molar-refractivity contribution in [3.05, 3.63) is 30.3 Å². The van der Waals surface area contributed by atoms with Crippen molar-refractivity contribution in [2.24, 2.45) is 5.92 Å². The Morgan fingerprint density at radius 2 is 2.08 bits per heavy atom. The van der Waals surface area contributed by atoms with Crippen LogP contribution in [0.3, 0.4) is 0 Å². The van der Waals surface area contributed by atoms with E-state index in [2.05, 4.69) is 12.1 Å². The molecule has 0 saturated carbocycles. The molecule has 0 aromatic heterocycles. The minimum atomic E-state index is 0.148. The topological polar surface area (TPSA) is 17.1 Å². The molecule has 0 N–H and O–H groups in total. The van der Waals surface area contributed by atoms with Crippen molar-refractivity contribution in [2.45, 2.75) is 11.8 Å². The lowest BCUT2D eigenvalue weighted by Crippen LogP contribution is -1.98. The van der Waals surface area contributed by atoms with Crippen LogP contribution in [0.5, 0.6) is 0 Å². The molecule has 0 saturated heterocycles. The van der Waals surface area contributed by atoms with Crippen molar-refractivity contribution in [1.82, 2.24) is 0 Å². The molecule has 1 aromatic rings. The molecule has 64 valence electrons. The molecular formula is C10H12OS. The largest absolute Gasteiger partial charge is 0.303 e. The average Bonchev–Trinajstić information content (AvgIpc) is 2.16. The lowest BCUT2D eigenvalue weighted by molar-refractivity contribution is -0.110. The third kappa shape index (κ3) is 3.09. The third-order valence-corrected chi connectivity index (χ3v) is 2.79. The molecule has 0 heterocycles. The van der Waals surface area contributed by atoms with E-state index >= 15 is 0 Å². The van der Waals surface area contributed by atoms with Crippen LogP contribution in [-0.4, -0.2) is 12.0 Å².